The van der Waals surface area contributed by atoms with Crippen molar-refractivity contribution in [3.8, 4) is 6.07 Å². The molecule has 0 saturated heterocycles. The van der Waals surface area contributed by atoms with Crippen molar-refractivity contribution in [2.45, 2.75) is 13.0 Å². The molecule has 1 heterocycles. The highest BCUT2D eigenvalue weighted by atomic mass is 79.9. The number of fused-ring (bicyclic) bond motifs is 1. The van der Waals surface area contributed by atoms with E-state index in [4.69, 9.17) is 5.26 Å². The van der Waals surface area contributed by atoms with Crippen LogP contribution in [-0.2, 0) is 11.2 Å². The Hall–Kier alpha value is -2.40. The standard InChI is InChI=1S/C16H14BrF2N3O2/c1-22(2)8-10(7-20)15(23)13-5-9-6-14(24-16(18)19)11(17)3-4-12(9)21-13/h3,5-6,8,16,21H,4H2,1-2H3/b10-8+. The zero-order valence-corrected chi connectivity index (χ0v) is 14.5. The Morgan fingerprint density at radius 2 is 2.25 bits per heavy atom. The lowest BCUT2D eigenvalue weighted by Gasteiger charge is -2.07. The second kappa shape index (κ2) is 7.45. The molecule has 0 radical (unpaired) electrons. The molecule has 1 aromatic heterocycles. The van der Waals surface area contributed by atoms with E-state index in [0.717, 1.165) is 0 Å². The maximum atomic E-state index is 12.5. The Morgan fingerprint density at radius 1 is 1.54 bits per heavy atom. The van der Waals surface area contributed by atoms with Crippen LogP contribution in [0.4, 0.5) is 8.78 Å². The van der Waals surface area contributed by atoms with E-state index < -0.39 is 12.4 Å². The van der Waals surface area contributed by atoms with Crippen molar-refractivity contribution in [2.24, 2.45) is 0 Å². The average molecular weight is 398 g/mol. The van der Waals surface area contributed by atoms with Gasteiger partial charge in [-0.05, 0) is 33.6 Å². The number of nitriles is 1. The number of alkyl halides is 2. The van der Waals surface area contributed by atoms with Gasteiger partial charge in [0.2, 0.25) is 5.78 Å². The first-order valence-corrected chi connectivity index (χ1v) is 7.68. The number of aromatic amines is 1. The van der Waals surface area contributed by atoms with E-state index in [9.17, 15) is 13.6 Å². The number of halogens is 3. The fraction of sp³-hybridized carbons (Fsp3) is 0.250. The Kier molecular flexibility index (Phi) is 5.57. The first-order valence-electron chi connectivity index (χ1n) is 6.89. The number of hydrogen-bond acceptors (Lipinski definition) is 4. The Balaban J connectivity index is 2.38. The number of H-pyrrole nitrogens is 1. The third kappa shape index (κ3) is 4.11. The average Bonchev–Trinajstić information content (AvgIpc) is 2.85. The minimum Gasteiger partial charge on any atom is -0.434 e. The molecule has 0 fully saturated rings. The van der Waals surface area contributed by atoms with Crippen LogP contribution in [0.25, 0.3) is 6.08 Å². The van der Waals surface area contributed by atoms with Gasteiger partial charge in [-0.15, -0.1) is 0 Å². The number of hydrogen-bond donors (Lipinski definition) is 1. The van der Waals surface area contributed by atoms with Gasteiger partial charge in [0, 0.05) is 32.4 Å². The summed E-state index contributed by atoms with van der Waals surface area (Å²) in [5.41, 5.74) is 1.42. The Labute approximate surface area is 146 Å². The van der Waals surface area contributed by atoms with Crippen molar-refractivity contribution in [1.82, 2.24) is 9.88 Å². The molecular weight excluding hydrogens is 384 g/mol. The molecule has 1 aliphatic carbocycles. The minimum absolute atomic E-state index is 0.0221. The summed E-state index contributed by atoms with van der Waals surface area (Å²) in [6.45, 7) is -2.95. The third-order valence-electron chi connectivity index (χ3n) is 3.15. The molecule has 0 saturated carbocycles. The van der Waals surface area contributed by atoms with Crippen LogP contribution in [0.3, 0.4) is 0 Å². The number of Topliss-reactive ketones (excluding diaryl/α,β-unsaturated/α-hetero) is 1. The van der Waals surface area contributed by atoms with E-state index in [1.54, 1.807) is 25.1 Å². The molecule has 1 N–H and O–H groups in total. The van der Waals surface area contributed by atoms with Crippen molar-refractivity contribution in [2.75, 3.05) is 14.1 Å². The third-order valence-corrected chi connectivity index (χ3v) is 3.87. The van der Waals surface area contributed by atoms with Gasteiger partial charge in [0.25, 0.3) is 0 Å². The van der Waals surface area contributed by atoms with Gasteiger partial charge in [-0.3, -0.25) is 4.79 Å². The topological polar surface area (TPSA) is 69.1 Å². The highest BCUT2D eigenvalue weighted by molar-refractivity contribution is 9.12. The first kappa shape index (κ1) is 17.9. The van der Waals surface area contributed by atoms with Gasteiger partial charge in [0.15, 0.2) is 0 Å². The number of nitrogens with one attached hydrogen (secondary N) is 1. The molecule has 0 amide bonds. The summed E-state index contributed by atoms with van der Waals surface area (Å²) in [6, 6.07) is 3.38. The largest absolute Gasteiger partial charge is 0.434 e. The molecule has 8 heteroatoms. The summed E-state index contributed by atoms with van der Waals surface area (Å²) >= 11 is 3.18. The highest BCUT2D eigenvalue weighted by Crippen LogP contribution is 2.29. The predicted octanol–water partition coefficient (Wildman–Crippen LogP) is 3.58. The molecule has 0 unspecified atom stereocenters. The normalized spacial score (nSPS) is 14.3. The quantitative estimate of drug-likeness (QED) is 0.468. The number of aromatic nitrogens is 1. The molecule has 0 spiro atoms. The fourth-order valence-corrected chi connectivity index (χ4v) is 2.53. The van der Waals surface area contributed by atoms with Gasteiger partial charge < -0.3 is 14.6 Å². The SMILES string of the molecule is CN(C)/C=C(\C#N)C(=O)c1cc2c([nH]1)CC=C(Br)C(OC(F)F)=C2. The molecule has 0 atom stereocenters. The Morgan fingerprint density at radius 3 is 2.83 bits per heavy atom. The van der Waals surface area contributed by atoms with Crippen LogP contribution in [0.2, 0.25) is 0 Å². The van der Waals surface area contributed by atoms with E-state index in [0.29, 0.717) is 22.2 Å². The van der Waals surface area contributed by atoms with E-state index >= 15 is 0 Å². The van der Waals surface area contributed by atoms with Crippen LogP contribution in [-0.4, -0.2) is 36.4 Å². The van der Waals surface area contributed by atoms with Crippen molar-refractivity contribution in [3.63, 3.8) is 0 Å². The lowest BCUT2D eigenvalue weighted by atomic mass is 10.1. The zero-order valence-electron chi connectivity index (χ0n) is 12.9. The van der Waals surface area contributed by atoms with E-state index in [-0.39, 0.29) is 17.0 Å². The van der Waals surface area contributed by atoms with E-state index in [1.165, 1.54) is 18.3 Å². The maximum absolute atomic E-state index is 12.5. The number of rotatable bonds is 5. The number of nitrogens with zero attached hydrogens (tertiary/aromatic N) is 2. The number of ketones is 1. The van der Waals surface area contributed by atoms with Gasteiger partial charge in [-0.25, -0.2) is 0 Å². The molecule has 0 bridgehead atoms. The predicted molar refractivity (Wildman–Crippen MR) is 88.3 cm³/mol. The molecule has 24 heavy (non-hydrogen) atoms. The van der Waals surface area contributed by atoms with Crippen LogP contribution >= 0.6 is 15.9 Å². The van der Waals surface area contributed by atoms with Gasteiger partial charge >= 0.3 is 6.61 Å². The van der Waals surface area contributed by atoms with Crippen molar-refractivity contribution in [1.29, 1.82) is 5.26 Å². The number of ether oxygens (including phenoxy) is 1. The molecule has 2 rings (SSSR count). The first-order chi connectivity index (χ1) is 11.3. The second-order valence-corrected chi connectivity index (χ2v) is 6.06. The highest BCUT2D eigenvalue weighted by Gasteiger charge is 2.20. The van der Waals surface area contributed by atoms with Crippen LogP contribution < -0.4 is 0 Å². The molecule has 0 aliphatic heterocycles. The number of allylic oxidation sites excluding steroid dienone is 3. The van der Waals surface area contributed by atoms with E-state index in [2.05, 4.69) is 25.7 Å². The van der Waals surface area contributed by atoms with Gasteiger partial charge in [-0.1, -0.05) is 6.08 Å². The zero-order chi connectivity index (χ0) is 17.9. The second-order valence-electron chi connectivity index (χ2n) is 5.21. The maximum Gasteiger partial charge on any atom is 0.387 e. The summed E-state index contributed by atoms with van der Waals surface area (Å²) in [5.74, 6) is -0.488. The van der Waals surface area contributed by atoms with Crippen LogP contribution in [0.1, 0.15) is 21.7 Å². The molecule has 0 aromatic carbocycles. The van der Waals surface area contributed by atoms with Gasteiger partial charge in [-0.2, -0.15) is 14.0 Å². The summed E-state index contributed by atoms with van der Waals surface area (Å²) < 4.78 is 29.9. The smallest absolute Gasteiger partial charge is 0.387 e. The van der Waals surface area contributed by atoms with Crippen LogP contribution in [0.5, 0.6) is 0 Å². The van der Waals surface area contributed by atoms with Crippen LogP contribution in [0.15, 0.2) is 34.2 Å². The lowest BCUT2D eigenvalue weighted by Crippen LogP contribution is -2.09. The molecule has 1 aromatic rings. The lowest BCUT2D eigenvalue weighted by molar-refractivity contribution is -0.0913. The Bertz CT molecular complexity index is 786. The number of carbonyl (C=O) groups excluding carboxylic acids is 1. The van der Waals surface area contributed by atoms with Crippen molar-refractivity contribution >= 4 is 27.8 Å². The fourth-order valence-electron chi connectivity index (χ4n) is 2.16. The van der Waals surface area contributed by atoms with Crippen molar-refractivity contribution < 1.29 is 18.3 Å². The number of carbonyl (C=O) groups is 1. The summed E-state index contributed by atoms with van der Waals surface area (Å²) in [4.78, 5) is 16.9. The van der Waals surface area contributed by atoms with Gasteiger partial charge in [0.1, 0.15) is 17.4 Å². The molecular formula is C16H14BrF2N3O2. The van der Waals surface area contributed by atoms with Crippen molar-refractivity contribution in [3.05, 3.63) is 51.1 Å². The minimum atomic E-state index is -2.95. The van der Waals surface area contributed by atoms with Gasteiger partial charge in [0.05, 0.1) is 10.2 Å². The summed E-state index contributed by atoms with van der Waals surface area (Å²) in [6.07, 6.45) is 4.90. The summed E-state index contributed by atoms with van der Waals surface area (Å²) in [7, 11) is 3.40. The monoisotopic (exact) mass is 397 g/mol. The molecule has 1 aliphatic rings. The summed E-state index contributed by atoms with van der Waals surface area (Å²) in [5, 5.41) is 9.12. The molecule has 126 valence electrons. The molecule has 5 nitrogen and oxygen atoms in total. The van der Waals surface area contributed by atoms with Crippen LogP contribution in [0, 0.1) is 11.3 Å². The van der Waals surface area contributed by atoms with E-state index in [1.807, 2.05) is 6.07 Å².